The Morgan fingerprint density at radius 1 is 1.33 bits per heavy atom. The largest absolute Gasteiger partial charge is 0.455 e. The molecule has 1 aliphatic rings. The molecule has 0 amide bonds. The standard InChI is InChI=1S/C27H40FNO6S/c1-6-19-25(33)17(3)9-7-8-16(2)10-11-21(20(28)12-18-15-36-23(14-30)29-18)35-24(32)13-22(31)27(4,5)26(19)34/h10,12,15,17,19,21-22,25,30-31,33H,6-9,11,13-14H2,1-5H3/b16-10-,20-12-/t17-,19+,21-,22-,25-/m0/s1. The van der Waals surface area contributed by atoms with Gasteiger partial charge >= 0.3 is 5.97 Å². The highest BCUT2D eigenvalue weighted by molar-refractivity contribution is 7.09. The molecular formula is C27H40FNO6S. The van der Waals surface area contributed by atoms with Gasteiger partial charge < -0.3 is 20.1 Å². The molecule has 0 spiro atoms. The fraction of sp³-hybridized carbons (Fsp3) is 0.667. The number of carbonyl (C=O) groups is 2. The van der Waals surface area contributed by atoms with Gasteiger partial charge in [-0.25, -0.2) is 9.37 Å². The van der Waals surface area contributed by atoms with Gasteiger partial charge in [0, 0.05) is 23.8 Å². The minimum atomic E-state index is -1.36. The minimum Gasteiger partial charge on any atom is -0.455 e. The molecule has 0 fully saturated rings. The van der Waals surface area contributed by atoms with Crippen LogP contribution in [0.3, 0.4) is 0 Å². The Bertz CT molecular complexity index is 956. The number of aromatic nitrogens is 1. The van der Waals surface area contributed by atoms with Gasteiger partial charge in [0.2, 0.25) is 0 Å². The van der Waals surface area contributed by atoms with Gasteiger partial charge in [0.15, 0.2) is 6.10 Å². The molecule has 36 heavy (non-hydrogen) atoms. The number of hydrogen-bond acceptors (Lipinski definition) is 8. The maximum atomic E-state index is 15.2. The van der Waals surface area contributed by atoms with Gasteiger partial charge in [-0.2, -0.15) is 0 Å². The van der Waals surface area contributed by atoms with E-state index in [1.54, 1.807) is 19.2 Å². The van der Waals surface area contributed by atoms with Crippen molar-refractivity contribution in [1.82, 2.24) is 4.98 Å². The lowest BCUT2D eigenvalue weighted by Crippen LogP contribution is -2.46. The van der Waals surface area contributed by atoms with Crippen molar-refractivity contribution >= 4 is 29.2 Å². The van der Waals surface area contributed by atoms with Crippen molar-refractivity contribution in [2.24, 2.45) is 17.3 Å². The predicted molar refractivity (Wildman–Crippen MR) is 138 cm³/mol. The number of hydrogen-bond donors (Lipinski definition) is 3. The van der Waals surface area contributed by atoms with Crippen LogP contribution in [0.4, 0.5) is 4.39 Å². The maximum Gasteiger partial charge on any atom is 0.309 e. The van der Waals surface area contributed by atoms with Crippen LogP contribution in [-0.2, 0) is 20.9 Å². The van der Waals surface area contributed by atoms with E-state index >= 15 is 4.39 Å². The average molecular weight is 526 g/mol. The molecule has 3 N–H and O–H groups in total. The first kappa shape index (κ1) is 30.3. The van der Waals surface area contributed by atoms with Crippen LogP contribution in [0.15, 0.2) is 22.9 Å². The van der Waals surface area contributed by atoms with Gasteiger partial charge in [-0.05, 0) is 38.5 Å². The molecule has 202 valence electrons. The molecule has 0 aromatic carbocycles. The number of Topliss-reactive ketones (excluding diaryl/α,β-unsaturated/α-hetero) is 1. The van der Waals surface area contributed by atoms with Crippen molar-refractivity contribution in [3.8, 4) is 0 Å². The highest BCUT2D eigenvalue weighted by Gasteiger charge is 2.43. The molecular weight excluding hydrogens is 485 g/mol. The second-order valence-corrected chi connectivity index (χ2v) is 11.2. The highest BCUT2D eigenvalue weighted by atomic mass is 32.1. The van der Waals surface area contributed by atoms with Crippen LogP contribution in [0.25, 0.3) is 6.08 Å². The molecule has 0 aliphatic carbocycles. The summed E-state index contributed by atoms with van der Waals surface area (Å²) in [5, 5.41) is 33.0. The Morgan fingerprint density at radius 3 is 2.64 bits per heavy atom. The van der Waals surface area contributed by atoms with Gasteiger partial charge in [-0.1, -0.05) is 39.3 Å². The zero-order valence-electron chi connectivity index (χ0n) is 21.9. The van der Waals surface area contributed by atoms with E-state index in [0.717, 1.165) is 18.4 Å². The Kier molecular flexibility index (Phi) is 11.4. The number of rotatable bonds is 4. The molecule has 0 bridgehead atoms. The number of ether oxygens (including phenoxy) is 1. The normalized spacial score (nSPS) is 31.0. The van der Waals surface area contributed by atoms with E-state index in [0.29, 0.717) is 23.5 Å². The summed E-state index contributed by atoms with van der Waals surface area (Å²) in [5.74, 6) is -2.62. The van der Waals surface area contributed by atoms with Gasteiger partial charge in [0.05, 0.1) is 36.3 Å². The first-order valence-electron chi connectivity index (χ1n) is 12.6. The van der Waals surface area contributed by atoms with Crippen LogP contribution in [0.5, 0.6) is 0 Å². The van der Waals surface area contributed by atoms with Crippen molar-refractivity contribution < 1.29 is 34.0 Å². The molecule has 0 unspecified atom stereocenters. The third-order valence-corrected chi connectivity index (χ3v) is 7.93. The predicted octanol–water partition coefficient (Wildman–Crippen LogP) is 4.75. The van der Waals surface area contributed by atoms with Gasteiger partial charge in [0.25, 0.3) is 0 Å². The van der Waals surface area contributed by atoms with E-state index < -0.39 is 47.9 Å². The van der Waals surface area contributed by atoms with E-state index in [1.807, 2.05) is 26.8 Å². The van der Waals surface area contributed by atoms with Gasteiger partial charge in [-0.15, -0.1) is 11.3 Å². The van der Waals surface area contributed by atoms with E-state index in [2.05, 4.69) is 4.98 Å². The fourth-order valence-electron chi connectivity index (χ4n) is 4.44. The third kappa shape index (κ3) is 8.03. The lowest BCUT2D eigenvalue weighted by atomic mass is 9.71. The summed E-state index contributed by atoms with van der Waals surface area (Å²) in [6.45, 7) is 8.53. The number of nitrogens with zero attached hydrogens (tertiary/aromatic N) is 1. The molecule has 2 heterocycles. The number of aliphatic hydroxyl groups is 3. The number of carbonyl (C=O) groups excluding carboxylic acids is 2. The second-order valence-electron chi connectivity index (χ2n) is 10.3. The molecule has 1 aromatic rings. The Balaban J connectivity index is 2.35. The maximum absolute atomic E-state index is 15.2. The second kappa shape index (κ2) is 13.6. The summed E-state index contributed by atoms with van der Waals surface area (Å²) in [4.78, 5) is 30.2. The number of thiazole rings is 1. The highest BCUT2D eigenvalue weighted by Crippen LogP contribution is 2.34. The Morgan fingerprint density at radius 2 is 2.03 bits per heavy atom. The topological polar surface area (TPSA) is 117 Å². The quantitative estimate of drug-likeness (QED) is 0.384. The number of cyclic esters (lactones) is 1. The molecule has 7 nitrogen and oxygen atoms in total. The lowest BCUT2D eigenvalue weighted by molar-refractivity contribution is -0.155. The summed E-state index contributed by atoms with van der Waals surface area (Å²) in [7, 11) is 0. The number of aliphatic hydroxyl groups excluding tert-OH is 3. The van der Waals surface area contributed by atoms with Crippen LogP contribution < -0.4 is 0 Å². The fourth-order valence-corrected chi connectivity index (χ4v) is 5.05. The summed E-state index contributed by atoms with van der Waals surface area (Å²) >= 11 is 1.19. The zero-order chi connectivity index (χ0) is 27.0. The molecule has 9 heteroatoms. The first-order chi connectivity index (χ1) is 16.9. The van der Waals surface area contributed by atoms with E-state index in [4.69, 9.17) is 4.74 Å². The smallest absolute Gasteiger partial charge is 0.309 e. The number of allylic oxidation sites excluding steroid dienone is 1. The number of ketones is 1. The van der Waals surface area contributed by atoms with Crippen LogP contribution in [-0.4, -0.2) is 50.4 Å². The number of halogens is 1. The summed E-state index contributed by atoms with van der Waals surface area (Å²) < 4.78 is 20.6. The van der Waals surface area contributed by atoms with Crippen LogP contribution in [0.2, 0.25) is 0 Å². The Labute approximate surface area is 217 Å². The van der Waals surface area contributed by atoms with Crippen molar-refractivity contribution in [3.05, 3.63) is 33.6 Å². The van der Waals surface area contributed by atoms with E-state index in [9.17, 15) is 24.9 Å². The molecule has 5 atom stereocenters. The SMILES string of the molecule is CC[C@H]1C(=O)C(C)(C)[C@@H](O)CC(=O)O[C@H](/C(F)=C/c2csc(CO)n2)C/C=C(/C)CCC[C@H](C)[C@@H]1O. The molecule has 1 aliphatic heterocycles. The molecule has 0 saturated carbocycles. The van der Waals surface area contributed by atoms with Crippen LogP contribution in [0, 0.1) is 17.3 Å². The summed E-state index contributed by atoms with van der Waals surface area (Å²) in [6.07, 6.45) is 1.83. The minimum absolute atomic E-state index is 0.103. The lowest BCUT2D eigenvalue weighted by Gasteiger charge is -2.35. The molecule has 2 rings (SSSR count). The zero-order valence-corrected chi connectivity index (χ0v) is 22.7. The summed E-state index contributed by atoms with van der Waals surface area (Å²) in [5.41, 5.74) is 0.00701. The van der Waals surface area contributed by atoms with E-state index in [-0.39, 0.29) is 24.7 Å². The average Bonchev–Trinajstić information content (AvgIpc) is 3.28. The Hall–Kier alpha value is -1.94. The number of esters is 1. The van der Waals surface area contributed by atoms with Crippen molar-refractivity contribution in [1.29, 1.82) is 0 Å². The third-order valence-electron chi connectivity index (χ3n) is 7.08. The van der Waals surface area contributed by atoms with Crippen molar-refractivity contribution in [2.75, 3.05) is 0 Å². The molecule has 0 radical (unpaired) electrons. The first-order valence-corrected chi connectivity index (χ1v) is 13.5. The molecule has 1 aromatic heterocycles. The van der Waals surface area contributed by atoms with E-state index in [1.165, 1.54) is 17.4 Å². The van der Waals surface area contributed by atoms with Gasteiger partial charge in [-0.3, -0.25) is 9.59 Å². The van der Waals surface area contributed by atoms with Crippen molar-refractivity contribution in [3.63, 3.8) is 0 Å². The van der Waals surface area contributed by atoms with Crippen LogP contribution in [0.1, 0.15) is 83.8 Å². The van der Waals surface area contributed by atoms with Crippen molar-refractivity contribution in [2.45, 2.75) is 98.1 Å². The van der Waals surface area contributed by atoms with Gasteiger partial charge in [0.1, 0.15) is 16.6 Å². The monoisotopic (exact) mass is 525 g/mol. The van der Waals surface area contributed by atoms with Crippen LogP contribution >= 0.6 is 11.3 Å². The molecule has 0 saturated heterocycles. The summed E-state index contributed by atoms with van der Waals surface area (Å²) in [6, 6.07) is 0.